The van der Waals surface area contributed by atoms with E-state index in [-0.39, 0.29) is 0 Å². The summed E-state index contributed by atoms with van der Waals surface area (Å²) in [6.07, 6.45) is 6.09. The number of aromatic amines is 1. The van der Waals surface area contributed by atoms with E-state index in [1.807, 2.05) is 24.5 Å². The smallest absolute Gasteiger partial charge is 0.252 e. The van der Waals surface area contributed by atoms with Crippen molar-refractivity contribution >= 4 is 5.91 Å². The van der Waals surface area contributed by atoms with E-state index in [9.17, 15) is 4.79 Å². The number of carbonyl (C=O) groups is 1. The van der Waals surface area contributed by atoms with Crippen molar-refractivity contribution in [2.75, 3.05) is 0 Å². The summed E-state index contributed by atoms with van der Waals surface area (Å²) in [6, 6.07) is 20.7. The van der Waals surface area contributed by atoms with Crippen LogP contribution in [0.15, 0.2) is 73.1 Å². The Labute approximate surface area is 170 Å². The molecule has 0 radical (unpaired) electrons. The fourth-order valence-corrected chi connectivity index (χ4v) is 3.53. The molecule has 2 aromatic carbocycles. The normalized spacial score (nSPS) is 10.9. The summed E-state index contributed by atoms with van der Waals surface area (Å²) in [4.78, 5) is 12.1. The summed E-state index contributed by atoms with van der Waals surface area (Å²) in [6.45, 7) is 2.07. The molecule has 2 aromatic heterocycles. The van der Waals surface area contributed by atoms with Crippen molar-refractivity contribution in [1.29, 1.82) is 0 Å². The Morgan fingerprint density at radius 3 is 2.28 bits per heavy atom. The minimum Gasteiger partial charge on any atom is -0.365 e. The Kier molecular flexibility index (Phi) is 5.29. The topological polar surface area (TPSA) is 76.7 Å². The average Bonchev–Trinajstić information content (AvgIpc) is 3.38. The lowest BCUT2D eigenvalue weighted by Gasteiger charge is -2.06. The van der Waals surface area contributed by atoms with E-state index in [4.69, 9.17) is 5.73 Å². The average molecular weight is 384 g/mol. The number of nitrogens with zero attached hydrogens (tertiary/aromatic N) is 2. The Hall–Kier alpha value is -3.60. The van der Waals surface area contributed by atoms with Gasteiger partial charge in [0.2, 0.25) is 0 Å². The molecule has 0 unspecified atom stereocenters. The number of nitrogens with one attached hydrogen (secondary N) is 1. The van der Waals surface area contributed by atoms with Crippen LogP contribution in [0.25, 0.3) is 5.69 Å². The van der Waals surface area contributed by atoms with E-state index < -0.39 is 5.91 Å². The third-order valence-corrected chi connectivity index (χ3v) is 5.15. The number of carbonyl (C=O) groups excluding carboxylic acids is 1. The predicted octanol–water partition coefficient (Wildman–Crippen LogP) is 3.98. The van der Waals surface area contributed by atoms with E-state index in [0.29, 0.717) is 18.4 Å². The van der Waals surface area contributed by atoms with Crippen LogP contribution in [0.3, 0.4) is 0 Å². The zero-order chi connectivity index (χ0) is 20.2. The van der Waals surface area contributed by atoms with Gasteiger partial charge in [-0.25, -0.2) is 0 Å². The van der Waals surface area contributed by atoms with Crippen molar-refractivity contribution in [2.45, 2.75) is 26.2 Å². The second kappa shape index (κ2) is 8.19. The summed E-state index contributed by atoms with van der Waals surface area (Å²) in [5.41, 5.74) is 12.4. The lowest BCUT2D eigenvalue weighted by Crippen LogP contribution is -2.15. The van der Waals surface area contributed by atoms with Gasteiger partial charge in [-0.1, -0.05) is 42.0 Å². The Morgan fingerprint density at radius 2 is 1.62 bits per heavy atom. The van der Waals surface area contributed by atoms with Gasteiger partial charge in [0.15, 0.2) is 0 Å². The molecule has 0 aliphatic carbocycles. The molecular formula is C24H24N4O. The van der Waals surface area contributed by atoms with E-state index in [1.165, 1.54) is 11.1 Å². The standard InChI is InChI=1S/C24H24N4O/c1-17-4-6-18(7-5-17)10-13-21-23(24(25)29)22(27-26-21)16-19-8-11-20(12-9-19)28-14-2-3-15-28/h2-9,11-12,14-15H,10,13,16H2,1H3,(H2,25,29)(H,26,27). The van der Waals surface area contributed by atoms with Gasteiger partial charge in [-0.3, -0.25) is 9.89 Å². The van der Waals surface area contributed by atoms with Gasteiger partial charge >= 0.3 is 0 Å². The first kappa shape index (κ1) is 18.7. The van der Waals surface area contributed by atoms with Crippen LogP contribution in [0.1, 0.15) is 38.4 Å². The number of H-pyrrole nitrogens is 1. The zero-order valence-corrected chi connectivity index (χ0v) is 16.4. The molecule has 3 N–H and O–H groups in total. The van der Waals surface area contributed by atoms with Gasteiger partial charge in [0.05, 0.1) is 17.0 Å². The molecule has 29 heavy (non-hydrogen) atoms. The van der Waals surface area contributed by atoms with Gasteiger partial charge in [-0.2, -0.15) is 5.10 Å². The molecule has 0 aliphatic heterocycles. The number of benzene rings is 2. The van der Waals surface area contributed by atoms with Crippen LogP contribution in [-0.4, -0.2) is 20.7 Å². The van der Waals surface area contributed by atoms with Crippen LogP contribution in [-0.2, 0) is 19.3 Å². The van der Waals surface area contributed by atoms with Crippen LogP contribution in [0, 0.1) is 6.92 Å². The SMILES string of the molecule is Cc1ccc(CCc2n[nH]c(Cc3ccc(-n4cccc4)cc3)c2C(N)=O)cc1. The first-order valence-electron chi connectivity index (χ1n) is 9.74. The summed E-state index contributed by atoms with van der Waals surface area (Å²) in [5.74, 6) is -0.434. The number of hydrogen-bond acceptors (Lipinski definition) is 2. The maximum absolute atomic E-state index is 12.1. The van der Waals surface area contributed by atoms with Gasteiger partial charge in [-0.05, 0) is 55.2 Å². The summed E-state index contributed by atoms with van der Waals surface area (Å²) >= 11 is 0. The maximum atomic E-state index is 12.1. The number of hydrogen-bond donors (Lipinski definition) is 2. The van der Waals surface area contributed by atoms with Crippen molar-refractivity contribution in [3.8, 4) is 5.69 Å². The van der Waals surface area contributed by atoms with Gasteiger partial charge in [0.1, 0.15) is 0 Å². The lowest BCUT2D eigenvalue weighted by atomic mass is 10.0. The highest BCUT2D eigenvalue weighted by Gasteiger charge is 2.18. The summed E-state index contributed by atoms with van der Waals surface area (Å²) < 4.78 is 2.05. The Balaban J connectivity index is 1.50. The highest BCUT2D eigenvalue weighted by atomic mass is 16.1. The van der Waals surface area contributed by atoms with Crippen LogP contribution in [0.4, 0.5) is 0 Å². The van der Waals surface area contributed by atoms with E-state index in [0.717, 1.165) is 29.1 Å². The quantitative estimate of drug-likeness (QED) is 0.505. The third-order valence-electron chi connectivity index (χ3n) is 5.15. The molecule has 146 valence electrons. The number of primary amides is 1. The molecule has 0 aliphatic rings. The van der Waals surface area contributed by atoms with Crippen LogP contribution in [0.5, 0.6) is 0 Å². The van der Waals surface area contributed by atoms with Crippen molar-refractivity contribution in [3.05, 3.63) is 107 Å². The molecule has 0 bridgehead atoms. The Bertz CT molecular complexity index is 1090. The second-order valence-corrected chi connectivity index (χ2v) is 7.31. The second-order valence-electron chi connectivity index (χ2n) is 7.31. The van der Waals surface area contributed by atoms with Crippen LogP contribution < -0.4 is 5.73 Å². The number of nitrogens with two attached hydrogens (primary N) is 1. The molecule has 1 amide bonds. The zero-order valence-electron chi connectivity index (χ0n) is 16.4. The molecule has 0 saturated carbocycles. The maximum Gasteiger partial charge on any atom is 0.252 e. The van der Waals surface area contributed by atoms with Crippen molar-refractivity contribution in [2.24, 2.45) is 5.73 Å². The van der Waals surface area contributed by atoms with Gasteiger partial charge < -0.3 is 10.3 Å². The molecule has 4 rings (SSSR count). The number of aryl methyl sites for hydroxylation is 3. The summed E-state index contributed by atoms with van der Waals surface area (Å²) in [5, 5.41) is 7.43. The largest absolute Gasteiger partial charge is 0.365 e. The van der Waals surface area contributed by atoms with Gasteiger partial charge in [-0.15, -0.1) is 0 Å². The number of rotatable bonds is 7. The highest BCUT2D eigenvalue weighted by Crippen LogP contribution is 2.19. The fourth-order valence-electron chi connectivity index (χ4n) is 3.53. The lowest BCUT2D eigenvalue weighted by molar-refractivity contribution is 0.0998. The Morgan fingerprint density at radius 1 is 0.966 bits per heavy atom. The first-order valence-corrected chi connectivity index (χ1v) is 9.74. The highest BCUT2D eigenvalue weighted by molar-refractivity contribution is 5.95. The van der Waals surface area contributed by atoms with E-state index >= 15 is 0 Å². The third kappa shape index (κ3) is 4.29. The molecule has 5 heteroatoms. The predicted molar refractivity (Wildman–Crippen MR) is 114 cm³/mol. The van der Waals surface area contributed by atoms with Gasteiger partial charge in [0, 0.05) is 24.5 Å². The number of amides is 1. The molecule has 0 spiro atoms. The van der Waals surface area contributed by atoms with Crippen LogP contribution >= 0.6 is 0 Å². The molecule has 2 heterocycles. The minimum absolute atomic E-state index is 0.434. The molecule has 4 aromatic rings. The van der Waals surface area contributed by atoms with E-state index in [2.05, 4.69) is 70.2 Å². The van der Waals surface area contributed by atoms with Crippen LogP contribution in [0.2, 0.25) is 0 Å². The molecule has 0 fully saturated rings. The number of aromatic nitrogens is 3. The first-order chi connectivity index (χ1) is 14.1. The van der Waals surface area contributed by atoms with Crippen molar-refractivity contribution < 1.29 is 4.79 Å². The molecular weight excluding hydrogens is 360 g/mol. The monoisotopic (exact) mass is 384 g/mol. The van der Waals surface area contributed by atoms with Gasteiger partial charge in [0.25, 0.3) is 5.91 Å². The molecule has 0 atom stereocenters. The molecule has 0 saturated heterocycles. The molecule has 5 nitrogen and oxygen atoms in total. The minimum atomic E-state index is -0.434. The summed E-state index contributed by atoms with van der Waals surface area (Å²) in [7, 11) is 0. The van der Waals surface area contributed by atoms with E-state index in [1.54, 1.807) is 0 Å². The van der Waals surface area contributed by atoms with Crippen molar-refractivity contribution in [3.63, 3.8) is 0 Å². The fraction of sp³-hybridized carbons (Fsp3) is 0.167. The van der Waals surface area contributed by atoms with Crippen molar-refractivity contribution in [1.82, 2.24) is 14.8 Å².